The van der Waals surface area contributed by atoms with Gasteiger partial charge in [0, 0.05) is 0 Å². The maximum atomic E-state index is 12.9. The second-order valence-corrected chi connectivity index (χ2v) is 9.53. The molecular formula is C23H31F3O4. The van der Waals surface area contributed by atoms with Gasteiger partial charge in [-0.2, -0.15) is 13.2 Å². The minimum Gasteiger partial charge on any atom is -0.478 e. The number of carboxylic acids is 1. The molecule has 0 aromatic heterocycles. The predicted molar refractivity (Wildman–Crippen MR) is 109 cm³/mol. The Morgan fingerprint density at radius 3 is 2.23 bits per heavy atom. The minimum absolute atomic E-state index is 0.164. The number of hydrogen-bond donors (Lipinski definition) is 1. The van der Waals surface area contributed by atoms with E-state index in [1.807, 2.05) is 13.8 Å². The summed E-state index contributed by atoms with van der Waals surface area (Å²) in [4.78, 5) is 23.7. The summed E-state index contributed by atoms with van der Waals surface area (Å²) in [5, 5.41) is 9.18. The summed E-state index contributed by atoms with van der Waals surface area (Å²) >= 11 is 0. The lowest BCUT2D eigenvalue weighted by Gasteiger charge is -2.23. The second kappa shape index (κ2) is 9.67. The molecule has 0 fully saturated rings. The van der Waals surface area contributed by atoms with E-state index in [2.05, 4.69) is 32.9 Å². The Labute approximate surface area is 176 Å². The highest BCUT2D eigenvalue weighted by atomic mass is 19.4. The summed E-state index contributed by atoms with van der Waals surface area (Å²) in [6.45, 7) is 12.1. The zero-order valence-corrected chi connectivity index (χ0v) is 18.4. The number of allylic oxidation sites excluding steroid dienone is 2. The monoisotopic (exact) mass is 428 g/mol. The predicted octanol–water partition coefficient (Wildman–Crippen LogP) is 6.74. The van der Waals surface area contributed by atoms with E-state index < -0.39 is 40.9 Å². The molecule has 0 saturated carbocycles. The third kappa shape index (κ3) is 8.59. The van der Waals surface area contributed by atoms with E-state index in [1.165, 1.54) is 0 Å². The van der Waals surface area contributed by atoms with Gasteiger partial charge in [0.25, 0.3) is 0 Å². The van der Waals surface area contributed by atoms with Crippen LogP contribution in [0.15, 0.2) is 30.4 Å². The van der Waals surface area contributed by atoms with E-state index in [0.29, 0.717) is 25.0 Å². The maximum absolute atomic E-state index is 12.9. The third-order valence-electron chi connectivity index (χ3n) is 4.67. The van der Waals surface area contributed by atoms with Crippen LogP contribution in [0.1, 0.15) is 76.7 Å². The van der Waals surface area contributed by atoms with E-state index in [4.69, 9.17) is 4.74 Å². The van der Waals surface area contributed by atoms with Crippen LogP contribution >= 0.6 is 0 Å². The minimum atomic E-state index is -4.67. The van der Waals surface area contributed by atoms with Crippen molar-refractivity contribution in [3.63, 3.8) is 0 Å². The highest BCUT2D eigenvalue weighted by Crippen LogP contribution is 2.34. The third-order valence-corrected chi connectivity index (χ3v) is 4.67. The molecule has 1 rings (SSSR count). The highest BCUT2D eigenvalue weighted by molar-refractivity contribution is 5.92. The van der Waals surface area contributed by atoms with Crippen molar-refractivity contribution >= 4 is 11.9 Å². The number of rotatable bonds is 8. The number of ether oxygens (including phenoxy) is 1. The summed E-state index contributed by atoms with van der Waals surface area (Å²) in [6.07, 6.45) is 1.58. The topological polar surface area (TPSA) is 63.6 Å². The van der Waals surface area contributed by atoms with Crippen LogP contribution in [-0.4, -0.2) is 17.0 Å². The maximum Gasteiger partial charge on any atom is 0.416 e. The first-order valence-electron chi connectivity index (χ1n) is 9.86. The van der Waals surface area contributed by atoms with Crippen LogP contribution in [0.4, 0.5) is 13.2 Å². The molecule has 0 spiro atoms. The summed E-state index contributed by atoms with van der Waals surface area (Å²) in [5.74, 6) is -3.43. The molecule has 1 unspecified atom stereocenters. The fraction of sp³-hybridized carbons (Fsp3) is 0.565. The normalized spacial score (nSPS) is 14.0. The number of esters is 1. The molecule has 0 aliphatic carbocycles. The van der Waals surface area contributed by atoms with Gasteiger partial charge in [0.1, 0.15) is 11.3 Å². The molecule has 168 valence electrons. The van der Waals surface area contributed by atoms with Crippen LogP contribution < -0.4 is 4.74 Å². The number of carbonyl (C=O) groups excluding carboxylic acids is 1. The molecule has 1 atom stereocenters. The number of hydrogen-bond acceptors (Lipinski definition) is 3. The van der Waals surface area contributed by atoms with Crippen molar-refractivity contribution in [1.82, 2.24) is 0 Å². The fourth-order valence-electron chi connectivity index (χ4n) is 2.69. The van der Waals surface area contributed by atoms with Crippen LogP contribution in [0.25, 0.3) is 0 Å². The van der Waals surface area contributed by atoms with E-state index in [-0.39, 0.29) is 10.8 Å². The van der Waals surface area contributed by atoms with Gasteiger partial charge < -0.3 is 9.84 Å². The molecule has 1 N–H and O–H groups in total. The lowest BCUT2D eigenvalue weighted by atomic mass is 9.83. The number of benzene rings is 1. The zero-order valence-electron chi connectivity index (χ0n) is 18.4. The average Bonchev–Trinajstić information content (AvgIpc) is 2.57. The molecule has 0 bridgehead atoms. The smallest absolute Gasteiger partial charge is 0.416 e. The van der Waals surface area contributed by atoms with Gasteiger partial charge in [-0.3, -0.25) is 4.79 Å². The van der Waals surface area contributed by atoms with Crippen LogP contribution in [-0.2, 0) is 11.0 Å². The van der Waals surface area contributed by atoms with E-state index in [1.54, 1.807) is 6.92 Å². The molecule has 0 amide bonds. The second-order valence-electron chi connectivity index (χ2n) is 9.53. The standard InChI is InChI=1S/C23H31F3O4/c1-15(10-13-22(5,6)12-7-11-21(2,3)4)20(29)30-18-14-16(23(24,25)26)8-9-17(18)19(27)28/h7-9,12,14-15H,10-11,13H2,1-6H3,(H,27,28)/b12-7-. The van der Waals surface area contributed by atoms with Crippen molar-refractivity contribution in [1.29, 1.82) is 0 Å². The Morgan fingerprint density at radius 1 is 1.13 bits per heavy atom. The lowest BCUT2D eigenvalue weighted by Crippen LogP contribution is -2.21. The van der Waals surface area contributed by atoms with Crippen molar-refractivity contribution in [3.8, 4) is 5.75 Å². The van der Waals surface area contributed by atoms with Gasteiger partial charge in [0.05, 0.1) is 11.5 Å². The molecule has 0 saturated heterocycles. The molecule has 4 nitrogen and oxygen atoms in total. The summed E-state index contributed by atoms with van der Waals surface area (Å²) in [5.41, 5.74) is -1.55. The summed E-state index contributed by atoms with van der Waals surface area (Å²) < 4.78 is 43.8. The number of carbonyl (C=O) groups is 2. The fourth-order valence-corrected chi connectivity index (χ4v) is 2.69. The zero-order chi connectivity index (χ0) is 23.3. The van der Waals surface area contributed by atoms with E-state index >= 15 is 0 Å². The molecule has 0 aliphatic rings. The molecule has 7 heteroatoms. The Hall–Kier alpha value is -2.31. The van der Waals surface area contributed by atoms with Crippen molar-refractivity contribution in [2.75, 3.05) is 0 Å². The van der Waals surface area contributed by atoms with E-state index in [9.17, 15) is 27.9 Å². The van der Waals surface area contributed by atoms with E-state index in [0.717, 1.165) is 12.5 Å². The number of halogens is 3. The molecular weight excluding hydrogens is 397 g/mol. The molecule has 0 aliphatic heterocycles. The van der Waals surface area contributed by atoms with Gasteiger partial charge in [0.15, 0.2) is 0 Å². The number of alkyl halides is 3. The first kappa shape index (κ1) is 25.7. The Kier molecular flexibility index (Phi) is 8.29. The number of carboxylic acid groups (broad SMARTS) is 1. The molecule has 0 heterocycles. The van der Waals surface area contributed by atoms with Crippen molar-refractivity contribution < 1.29 is 32.6 Å². The Bertz CT molecular complexity index is 787. The van der Waals surface area contributed by atoms with Gasteiger partial charge in [-0.05, 0) is 48.3 Å². The first-order chi connectivity index (χ1) is 13.5. The van der Waals surface area contributed by atoms with Crippen molar-refractivity contribution in [2.24, 2.45) is 16.7 Å². The first-order valence-corrected chi connectivity index (χ1v) is 9.86. The summed E-state index contributed by atoms with van der Waals surface area (Å²) in [6, 6.07) is 1.99. The SMILES string of the molecule is CC(CCC(C)(C)/C=C\CC(C)(C)C)C(=O)Oc1cc(C(F)(F)F)ccc1C(=O)O. The molecule has 1 aromatic rings. The Morgan fingerprint density at radius 2 is 1.73 bits per heavy atom. The summed E-state index contributed by atoms with van der Waals surface area (Å²) in [7, 11) is 0. The van der Waals surface area contributed by atoms with Gasteiger partial charge in [-0.1, -0.05) is 53.7 Å². The van der Waals surface area contributed by atoms with Crippen molar-refractivity contribution in [3.05, 3.63) is 41.5 Å². The Balaban J connectivity index is 2.84. The van der Waals surface area contributed by atoms with Crippen LogP contribution in [0.5, 0.6) is 5.75 Å². The van der Waals surface area contributed by atoms with Crippen LogP contribution in [0.3, 0.4) is 0 Å². The van der Waals surface area contributed by atoms with Crippen molar-refractivity contribution in [2.45, 2.75) is 67.0 Å². The average molecular weight is 428 g/mol. The van der Waals surface area contributed by atoms with Gasteiger partial charge in [-0.25, -0.2) is 4.79 Å². The lowest BCUT2D eigenvalue weighted by molar-refractivity contribution is -0.140. The molecule has 1 aromatic carbocycles. The van der Waals surface area contributed by atoms with Gasteiger partial charge in [0.2, 0.25) is 0 Å². The largest absolute Gasteiger partial charge is 0.478 e. The van der Waals surface area contributed by atoms with Crippen LogP contribution in [0, 0.1) is 16.7 Å². The van der Waals surface area contributed by atoms with Gasteiger partial charge >= 0.3 is 18.1 Å². The molecule has 0 radical (unpaired) electrons. The van der Waals surface area contributed by atoms with Crippen LogP contribution in [0.2, 0.25) is 0 Å². The highest BCUT2D eigenvalue weighted by Gasteiger charge is 2.32. The van der Waals surface area contributed by atoms with Gasteiger partial charge in [-0.15, -0.1) is 0 Å². The quantitative estimate of drug-likeness (QED) is 0.283. The number of aromatic carboxylic acids is 1. The molecule has 30 heavy (non-hydrogen) atoms.